The molecule has 0 saturated heterocycles. The van der Waals surface area contributed by atoms with Gasteiger partial charge in [-0.1, -0.05) is 64.0 Å². The molecule has 0 aliphatic rings. The van der Waals surface area contributed by atoms with Crippen LogP contribution in [0.25, 0.3) is 0 Å². The van der Waals surface area contributed by atoms with Crippen molar-refractivity contribution in [2.24, 2.45) is 0 Å². The number of unbranched alkanes of at least 4 members (excludes halogenated alkanes) is 7. The molecule has 0 aromatic heterocycles. The van der Waals surface area contributed by atoms with E-state index in [9.17, 15) is 4.79 Å². The van der Waals surface area contributed by atoms with Crippen molar-refractivity contribution in [1.29, 1.82) is 0 Å². The summed E-state index contributed by atoms with van der Waals surface area (Å²) < 4.78 is 10.1. The molecule has 124 valence electrons. The molecule has 0 atom stereocenters. The third-order valence-corrected chi connectivity index (χ3v) is 3.93. The lowest BCUT2D eigenvalue weighted by Gasteiger charge is -2.05. The van der Waals surface area contributed by atoms with Gasteiger partial charge >= 0.3 is 6.16 Å². The van der Waals surface area contributed by atoms with Crippen molar-refractivity contribution in [2.75, 3.05) is 4.61 Å². The zero-order valence-corrected chi connectivity index (χ0v) is 15.6. The van der Waals surface area contributed by atoms with Crippen LogP contribution in [0, 0.1) is 0 Å². The number of rotatable bonds is 11. The minimum absolute atomic E-state index is 0.299. The molecule has 0 bridgehead atoms. The molecule has 1 aromatic rings. The Morgan fingerprint density at radius 1 is 0.955 bits per heavy atom. The van der Waals surface area contributed by atoms with Gasteiger partial charge in [0.05, 0.1) is 0 Å². The van der Waals surface area contributed by atoms with Crippen molar-refractivity contribution in [3.63, 3.8) is 0 Å². The molecule has 1 rings (SSSR count). The Morgan fingerprint density at radius 2 is 1.55 bits per heavy atom. The lowest BCUT2D eigenvalue weighted by atomic mass is 10.0. The van der Waals surface area contributed by atoms with Gasteiger partial charge in [0.25, 0.3) is 0 Å². The normalized spacial score (nSPS) is 10.5. The Labute approximate surface area is 147 Å². The summed E-state index contributed by atoms with van der Waals surface area (Å²) in [5.41, 5.74) is 1.29. The number of hydrogen-bond acceptors (Lipinski definition) is 3. The number of hydrogen-bond donors (Lipinski definition) is 0. The highest BCUT2D eigenvalue weighted by Gasteiger charge is 2.04. The molecule has 0 fully saturated rings. The van der Waals surface area contributed by atoms with Gasteiger partial charge in [-0.25, -0.2) is 4.79 Å². The summed E-state index contributed by atoms with van der Waals surface area (Å²) in [6.07, 6.45) is 11.1. The number of ether oxygens (including phenoxy) is 2. The van der Waals surface area contributed by atoms with Gasteiger partial charge in [-0.15, -0.1) is 0 Å². The third kappa shape index (κ3) is 9.28. The van der Waals surface area contributed by atoms with E-state index in [1.807, 2.05) is 46.9 Å². The molecule has 1 aromatic carbocycles. The fourth-order valence-electron chi connectivity index (χ4n) is 2.36. The van der Waals surface area contributed by atoms with Crippen LogP contribution in [0.1, 0.15) is 63.9 Å². The molecular formula is C18H27IO3. The monoisotopic (exact) mass is 418 g/mol. The molecule has 0 heterocycles. The molecule has 0 saturated carbocycles. The highest BCUT2D eigenvalue weighted by molar-refractivity contribution is 14.1. The topological polar surface area (TPSA) is 35.5 Å². The Balaban J connectivity index is 2.12. The van der Waals surface area contributed by atoms with E-state index in [-0.39, 0.29) is 0 Å². The number of aryl methyl sites for hydroxylation is 1. The highest BCUT2D eigenvalue weighted by Crippen LogP contribution is 2.16. The molecule has 0 unspecified atom stereocenters. The van der Waals surface area contributed by atoms with E-state index in [1.54, 1.807) is 0 Å². The van der Waals surface area contributed by atoms with E-state index in [1.165, 1.54) is 56.9 Å². The minimum atomic E-state index is -0.648. The molecule has 3 nitrogen and oxygen atoms in total. The molecular weight excluding hydrogens is 391 g/mol. The summed E-state index contributed by atoms with van der Waals surface area (Å²) in [5.74, 6) is 0.537. The van der Waals surface area contributed by atoms with E-state index in [0.29, 0.717) is 10.4 Å². The summed E-state index contributed by atoms with van der Waals surface area (Å²) in [6, 6.07) is 7.70. The molecule has 0 spiro atoms. The van der Waals surface area contributed by atoms with Crippen molar-refractivity contribution in [3.05, 3.63) is 29.8 Å². The average Bonchev–Trinajstić information content (AvgIpc) is 2.52. The summed E-state index contributed by atoms with van der Waals surface area (Å²) in [6.45, 7) is 2.25. The maximum absolute atomic E-state index is 11.2. The van der Waals surface area contributed by atoms with E-state index < -0.39 is 6.16 Å². The zero-order chi connectivity index (χ0) is 16.0. The van der Waals surface area contributed by atoms with Crippen LogP contribution in [0.3, 0.4) is 0 Å². The molecule has 0 aliphatic heterocycles. The SMILES string of the molecule is CCCCCCCCCCc1ccc(OC(=O)OCI)cc1. The fourth-order valence-corrected chi connectivity index (χ4v) is 2.61. The molecule has 4 heteroatoms. The first-order chi connectivity index (χ1) is 10.8. The van der Waals surface area contributed by atoms with Crippen molar-refractivity contribution in [2.45, 2.75) is 64.7 Å². The van der Waals surface area contributed by atoms with E-state index >= 15 is 0 Å². The van der Waals surface area contributed by atoms with Crippen molar-refractivity contribution in [1.82, 2.24) is 0 Å². The summed E-state index contributed by atoms with van der Waals surface area (Å²) in [7, 11) is 0. The van der Waals surface area contributed by atoms with Gasteiger partial charge in [0.1, 0.15) is 10.4 Å². The van der Waals surface area contributed by atoms with Crippen molar-refractivity contribution >= 4 is 28.7 Å². The molecule has 0 aliphatic carbocycles. The summed E-state index contributed by atoms with van der Waals surface area (Å²) in [5, 5.41) is 0. The minimum Gasteiger partial charge on any atom is -0.423 e. The van der Waals surface area contributed by atoms with E-state index in [2.05, 4.69) is 6.92 Å². The van der Waals surface area contributed by atoms with Crippen LogP contribution >= 0.6 is 22.6 Å². The highest BCUT2D eigenvalue weighted by atomic mass is 127. The van der Waals surface area contributed by atoms with Gasteiger partial charge in [-0.2, -0.15) is 0 Å². The van der Waals surface area contributed by atoms with E-state index in [0.717, 1.165) is 6.42 Å². The second-order valence-electron chi connectivity index (χ2n) is 5.47. The van der Waals surface area contributed by atoms with Crippen LogP contribution < -0.4 is 4.74 Å². The second-order valence-corrected chi connectivity index (χ2v) is 6.10. The maximum atomic E-state index is 11.2. The lowest BCUT2D eigenvalue weighted by molar-refractivity contribution is 0.119. The maximum Gasteiger partial charge on any atom is 0.514 e. The average molecular weight is 418 g/mol. The van der Waals surface area contributed by atoms with Crippen molar-refractivity contribution in [3.8, 4) is 5.75 Å². The van der Waals surface area contributed by atoms with Crippen molar-refractivity contribution < 1.29 is 14.3 Å². The van der Waals surface area contributed by atoms with Gasteiger partial charge in [0, 0.05) is 0 Å². The van der Waals surface area contributed by atoms with Crippen LogP contribution in [0.2, 0.25) is 0 Å². The third-order valence-electron chi connectivity index (χ3n) is 3.62. The zero-order valence-electron chi connectivity index (χ0n) is 13.5. The number of carbonyl (C=O) groups excluding carboxylic acids is 1. The Kier molecular flexibility index (Phi) is 11.2. The second kappa shape index (κ2) is 12.7. The van der Waals surface area contributed by atoms with Crippen LogP contribution in [0.5, 0.6) is 5.75 Å². The van der Waals surface area contributed by atoms with Gasteiger partial charge in [-0.3, -0.25) is 0 Å². The van der Waals surface area contributed by atoms with Crippen LogP contribution in [0.15, 0.2) is 24.3 Å². The smallest absolute Gasteiger partial charge is 0.423 e. The summed E-state index contributed by atoms with van der Waals surface area (Å²) >= 11 is 1.96. The standard InChI is InChI=1S/C18H27IO3/c1-2-3-4-5-6-7-8-9-10-16-11-13-17(14-12-16)22-18(20)21-15-19/h11-14H,2-10,15H2,1H3. The predicted molar refractivity (Wildman–Crippen MR) is 98.8 cm³/mol. The lowest BCUT2D eigenvalue weighted by Crippen LogP contribution is -2.08. The Bertz CT molecular complexity index is 403. The Morgan fingerprint density at radius 3 is 2.14 bits per heavy atom. The van der Waals surface area contributed by atoms with Crippen LogP contribution in [-0.2, 0) is 11.2 Å². The van der Waals surface area contributed by atoms with Gasteiger partial charge in [0.15, 0.2) is 0 Å². The largest absolute Gasteiger partial charge is 0.514 e. The molecule has 0 amide bonds. The number of carbonyl (C=O) groups is 1. The molecule has 0 radical (unpaired) electrons. The molecule has 22 heavy (non-hydrogen) atoms. The molecule has 0 N–H and O–H groups in total. The van der Waals surface area contributed by atoms with Gasteiger partial charge in [-0.05, 0) is 53.1 Å². The quantitative estimate of drug-likeness (QED) is 0.140. The predicted octanol–water partition coefficient (Wildman–Crippen LogP) is 6.28. The fraction of sp³-hybridized carbons (Fsp3) is 0.611. The summed E-state index contributed by atoms with van der Waals surface area (Å²) in [4.78, 5) is 11.2. The van der Waals surface area contributed by atoms with Crippen LogP contribution in [-0.4, -0.2) is 10.8 Å². The number of benzene rings is 1. The Hall–Kier alpha value is -0.780. The van der Waals surface area contributed by atoms with Crippen LogP contribution in [0.4, 0.5) is 4.79 Å². The van der Waals surface area contributed by atoms with E-state index in [4.69, 9.17) is 9.47 Å². The first-order valence-corrected chi connectivity index (χ1v) is 9.78. The van der Waals surface area contributed by atoms with Gasteiger partial charge < -0.3 is 9.47 Å². The first kappa shape index (κ1) is 19.3. The first-order valence-electron chi connectivity index (χ1n) is 8.25. The number of alkyl halides is 1. The number of halogens is 1. The van der Waals surface area contributed by atoms with Gasteiger partial charge in [0.2, 0.25) is 0 Å².